The molecule has 1 N–H and O–H groups in total. The number of terminal acetylenes is 1. The van der Waals surface area contributed by atoms with Gasteiger partial charge in [0.2, 0.25) is 0 Å². The quantitative estimate of drug-likeness (QED) is 0.442. The van der Waals surface area contributed by atoms with Crippen LogP contribution < -0.4 is 5.32 Å². The van der Waals surface area contributed by atoms with Crippen LogP contribution in [-0.2, 0) is 0 Å². The molecule has 52 valence electrons. The van der Waals surface area contributed by atoms with Crippen LogP contribution in [-0.4, -0.2) is 13.1 Å². The van der Waals surface area contributed by atoms with Gasteiger partial charge in [-0.05, 0) is 26.8 Å². The molecule has 0 amide bonds. The summed E-state index contributed by atoms with van der Waals surface area (Å²) in [5.41, 5.74) is 0. The molecule has 0 saturated heterocycles. The van der Waals surface area contributed by atoms with Gasteiger partial charge in [-0.2, -0.15) is 0 Å². The van der Waals surface area contributed by atoms with E-state index in [1.807, 2.05) is 7.05 Å². The minimum Gasteiger partial charge on any atom is -0.317 e. The first kappa shape index (κ1) is 8.52. The van der Waals surface area contributed by atoms with Crippen LogP contribution in [0.2, 0.25) is 0 Å². The van der Waals surface area contributed by atoms with Crippen LogP contribution in [0.15, 0.2) is 0 Å². The number of hydrogen-bond acceptors (Lipinski definition) is 1. The van der Waals surface area contributed by atoms with E-state index in [2.05, 4.69) is 18.2 Å². The fourth-order valence-electron chi connectivity index (χ4n) is 0.655. The lowest BCUT2D eigenvalue weighted by molar-refractivity contribution is 0.547. The summed E-state index contributed by atoms with van der Waals surface area (Å²) in [4.78, 5) is 0. The SMILES string of the molecule is C#CCCC[C@@H](C)NC. The van der Waals surface area contributed by atoms with Crippen molar-refractivity contribution in [3.8, 4) is 12.3 Å². The molecule has 0 bridgehead atoms. The van der Waals surface area contributed by atoms with Gasteiger partial charge in [0.25, 0.3) is 0 Å². The molecular weight excluding hydrogens is 110 g/mol. The monoisotopic (exact) mass is 125 g/mol. The summed E-state index contributed by atoms with van der Waals surface area (Å²) in [7, 11) is 1.97. The number of nitrogens with one attached hydrogen (secondary N) is 1. The molecule has 0 unspecified atom stereocenters. The zero-order valence-corrected chi connectivity index (χ0v) is 6.28. The van der Waals surface area contributed by atoms with Crippen molar-refractivity contribution in [2.45, 2.75) is 32.2 Å². The van der Waals surface area contributed by atoms with Crippen LogP contribution >= 0.6 is 0 Å². The van der Waals surface area contributed by atoms with Crippen LogP contribution in [0, 0.1) is 12.3 Å². The molecule has 0 aliphatic heterocycles. The van der Waals surface area contributed by atoms with Gasteiger partial charge in [0.1, 0.15) is 0 Å². The fraction of sp³-hybridized carbons (Fsp3) is 0.750. The second-order valence-corrected chi connectivity index (χ2v) is 2.29. The van der Waals surface area contributed by atoms with Crippen LogP contribution in [0.4, 0.5) is 0 Å². The topological polar surface area (TPSA) is 12.0 Å². The molecule has 1 nitrogen and oxygen atoms in total. The first-order chi connectivity index (χ1) is 4.31. The highest BCUT2D eigenvalue weighted by Gasteiger charge is 1.94. The average molecular weight is 125 g/mol. The van der Waals surface area contributed by atoms with E-state index in [0.717, 1.165) is 12.8 Å². The molecule has 0 heterocycles. The molecule has 0 aromatic heterocycles. The lowest BCUT2D eigenvalue weighted by Gasteiger charge is -2.06. The summed E-state index contributed by atoms with van der Waals surface area (Å²) in [6, 6.07) is 0.610. The molecule has 0 aliphatic carbocycles. The molecule has 0 spiro atoms. The molecule has 0 radical (unpaired) electrons. The third kappa shape index (κ3) is 5.39. The first-order valence-electron chi connectivity index (χ1n) is 3.42. The van der Waals surface area contributed by atoms with E-state index in [9.17, 15) is 0 Å². The number of unbranched alkanes of at least 4 members (excludes halogenated alkanes) is 1. The predicted octanol–water partition coefficient (Wildman–Crippen LogP) is 1.40. The van der Waals surface area contributed by atoms with Crippen molar-refractivity contribution in [1.82, 2.24) is 5.32 Å². The first-order valence-corrected chi connectivity index (χ1v) is 3.42. The van der Waals surface area contributed by atoms with Gasteiger partial charge in [-0.25, -0.2) is 0 Å². The third-order valence-electron chi connectivity index (χ3n) is 1.45. The molecule has 0 aliphatic rings. The highest BCUT2D eigenvalue weighted by atomic mass is 14.8. The van der Waals surface area contributed by atoms with E-state index in [0.29, 0.717) is 6.04 Å². The molecule has 0 fully saturated rings. The molecule has 0 saturated carbocycles. The molecule has 0 rings (SSSR count). The van der Waals surface area contributed by atoms with Gasteiger partial charge in [-0.3, -0.25) is 0 Å². The van der Waals surface area contributed by atoms with Gasteiger partial charge in [0.05, 0.1) is 0 Å². The Bertz CT molecular complexity index is 91.2. The van der Waals surface area contributed by atoms with Crippen molar-refractivity contribution in [2.75, 3.05) is 7.05 Å². The van der Waals surface area contributed by atoms with Gasteiger partial charge in [0.15, 0.2) is 0 Å². The van der Waals surface area contributed by atoms with Crippen molar-refractivity contribution >= 4 is 0 Å². The Balaban J connectivity index is 2.99. The predicted molar refractivity (Wildman–Crippen MR) is 41.2 cm³/mol. The zero-order chi connectivity index (χ0) is 7.11. The normalized spacial score (nSPS) is 12.6. The van der Waals surface area contributed by atoms with E-state index >= 15 is 0 Å². The second-order valence-electron chi connectivity index (χ2n) is 2.29. The Kier molecular flexibility index (Phi) is 5.35. The maximum atomic E-state index is 5.09. The zero-order valence-electron chi connectivity index (χ0n) is 6.28. The summed E-state index contributed by atoms with van der Waals surface area (Å²) in [5.74, 6) is 2.62. The Labute approximate surface area is 57.8 Å². The third-order valence-corrected chi connectivity index (χ3v) is 1.45. The van der Waals surface area contributed by atoms with Crippen molar-refractivity contribution in [3.05, 3.63) is 0 Å². The summed E-state index contributed by atoms with van der Waals surface area (Å²) >= 11 is 0. The largest absolute Gasteiger partial charge is 0.317 e. The lowest BCUT2D eigenvalue weighted by Crippen LogP contribution is -2.20. The lowest BCUT2D eigenvalue weighted by atomic mass is 10.1. The van der Waals surface area contributed by atoms with E-state index in [4.69, 9.17) is 6.42 Å². The molecule has 9 heavy (non-hydrogen) atoms. The summed E-state index contributed by atoms with van der Waals surface area (Å²) in [6.45, 7) is 2.16. The Hall–Kier alpha value is -0.480. The Morgan fingerprint density at radius 1 is 1.67 bits per heavy atom. The summed E-state index contributed by atoms with van der Waals surface area (Å²) in [5, 5.41) is 3.16. The van der Waals surface area contributed by atoms with Crippen LogP contribution in [0.25, 0.3) is 0 Å². The van der Waals surface area contributed by atoms with E-state index in [1.165, 1.54) is 6.42 Å². The molecule has 0 aromatic rings. The van der Waals surface area contributed by atoms with Gasteiger partial charge >= 0.3 is 0 Å². The number of hydrogen-bond donors (Lipinski definition) is 1. The number of rotatable bonds is 4. The highest BCUT2D eigenvalue weighted by molar-refractivity contribution is 4.83. The van der Waals surface area contributed by atoms with Crippen molar-refractivity contribution in [1.29, 1.82) is 0 Å². The molecular formula is C8H15N. The maximum absolute atomic E-state index is 5.09. The molecule has 0 aromatic carbocycles. The van der Waals surface area contributed by atoms with E-state index in [1.54, 1.807) is 0 Å². The highest BCUT2D eigenvalue weighted by Crippen LogP contribution is 1.97. The van der Waals surface area contributed by atoms with Crippen LogP contribution in [0.3, 0.4) is 0 Å². The van der Waals surface area contributed by atoms with Gasteiger partial charge in [0, 0.05) is 12.5 Å². The minimum atomic E-state index is 0.610. The summed E-state index contributed by atoms with van der Waals surface area (Å²) in [6.07, 6.45) is 8.31. The maximum Gasteiger partial charge on any atom is 0.00866 e. The van der Waals surface area contributed by atoms with E-state index in [-0.39, 0.29) is 0 Å². The van der Waals surface area contributed by atoms with Gasteiger partial charge in [-0.1, -0.05) is 0 Å². The molecule has 1 heteroatoms. The fourth-order valence-corrected chi connectivity index (χ4v) is 0.655. The summed E-state index contributed by atoms with van der Waals surface area (Å²) < 4.78 is 0. The standard InChI is InChI=1S/C8H15N/c1-4-5-6-7-8(2)9-3/h1,8-9H,5-7H2,2-3H3/t8-/m1/s1. The van der Waals surface area contributed by atoms with Gasteiger partial charge in [-0.15, -0.1) is 12.3 Å². The Morgan fingerprint density at radius 2 is 2.33 bits per heavy atom. The second kappa shape index (κ2) is 5.65. The van der Waals surface area contributed by atoms with Gasteiger partial charge < -0.3 is 5.32 Å². The van der Waals surface area contributed by atoms with Crippen molar-refractivity contribution in [3.63, 3.8) is 0 Å². The van der Waals surface area contributed by atoms with Crippen LogP contribution in [0.1, 0.15) is 26.2 Å². The van der Waals surface area contributed by atoms with Crippen LogP contribution in [0.5, 0.6) is 0 Å². The van der Waals surface area contributed by atoms with Crippen molar-refractivity contribution in [2.24, 2.45) is 0 Å². The average Bonchev–Trinajstić information content (AvgIpc) is 1.89. The van der Waals surface area contributed by atoms with Crippen molar-refractivity contribution < 1.29 is 0 Å². The molecule has 1 atom stereocenters. The minimum absolute atomic E-state index is 0.610. The Morgan fingerprint density at radius 3 is 2.78 bits per heavy atom. The smallest absolute Gasteiger partial charge is 0.00866 e. The van der Waals surface area contributed by atoms with E-state index < -0.39 is 0 Å².